The summed E-state index contributed by atoms with van der Waals surface area (Å²) >= 11 is 0. The van der Waals surface area contributed by atoms with Crippen LogP contribution in [0, 0.1) is 6.92 Å². The molecule has 2 unspecified atom stereocenters. The van der Waals surface area contributed by atoms with Gasteiger partial charge in [-0.05, 0) is 6.92 Å². The average molecular weight is 236 g/mol. The van der Waals surface area contributed by atoms with E-state index in [0.29, 0.717) is 0 Å². The highest BCUT2D eigenvalue weighted by Crippen LogP contribution is 2.38. The Bertz CT molecular complexity index is 482. The normalized spacial score (nSPS) is 26.8. The Labute approximate surface area is 99.5 Å². The number of hydrogen-bond acceptors (Lipinski definition) is 4. The molecule has 1 aromatic heterocycles. The molecule has 1 N–H and O–H groups in total. The zero-order chi connectivity index (χ0) is 12.2. The van der Waals surface area contributed by atoms with E-state index in [9.17, 15) is 4.79 Å². The Balaban J connectivity index is 2.07. The highest BCUT2D eigenvalue weighted by atomic mass is 16.5. The van der Waals surface area contributed by atoms with Crippen molar-refractivity contribution in [3.05, 3.63) is 5.69 Å². The van der Waals surface area contributed by atoms with Crippen LogP contribution in [0.15, 0.2) is 0 Å². The lowest BCUT2D eigenvalue weighted by molar-refractivity contribution is -0.117. The van der Waals surface area contributed by atoms with Crippen molar-refractivity contribution >= 4 is 17.4 Å². The van der Waals surface area contributed by atoms with Gasteiger partial charge in [-0.1, -0.05) is 0 Å². The molecule has 1 aromatic rings. The third-order valence-corrected chi connectivity index (χ3v) is 3.61. The molecule has 0 aliphatic carbocycles. The van der Waals surface area contributed by atoms with Crippen LogP contribution in [0.1, 0.15) is 12.1 Å². The van der Waals surface area contributed by atoms with Crippen LogP contribution in [0.25, 0.3) is 0 Å². The Morgan fingerprint density at radius 1 is 1.53 bits per heavy atom. The number of nitrogens with zero attached hydrogens (tertiary/aromatic N) is 3. The summed E-state index contributed by atoms with van der Waals surface area (Å²) < 4.78 is 7.19. The van der Waals surface area contributed by atoms with E-state index >= 15 is 0 Å². The highest BCUT2D eigenvalue weighted by molar-refractivity contribution is 6.04. The largest absolute Gasteiger partial charge is 0.380 e. The number of ether oxygens (including phenoxy) is 1. The summed E-state index contributed by atoms with van der Waals surface area (Å²) in [5, 5.41) is 7.30. The molecule has 0 bridgehead atoms. The van der Waals surface area contributed by atoms with Crippen molar-refractivity contribution in [1.29, 1.82) is 0 Å². The van der Waals surface area contributed by atoms with Crippen molar-refractivity contribution < 1.29 is 9.53 Å². The second-order valence-electron chi connectivity index (χ2n) is 4.66. The smallest absolute Gasteiger partial charge is 0.247 e. The number of amides is 1. The Morgan fingerprint density at radius 2 is 2.29 bits per heavy atom. The molecular formula is C11H16N4O2. The minimum Gasteiger partial charge on any atom is -0.380 e. The van der Waals surface area contributed by atoms with Crippen molar-refractivity contribution in [2.75, 3.05) is 23.9 Å². The molecular weight excluding hydrogens is 220 g/mol. The van der Waals surface area contributed by atoms with E-state index in [0.717, 1.165) is 30.2 Å². The fraction of sp³-hybridized carbons (Fsp3) is 0.636. The maximum Gasteiger partial charge on any atom is 0.247 e. The van der Waals surface area contributed by atoms with E-state index in [2.05, 4.69) is 15.3 Å². The number of fused-ring (bicyclic) bond motifs is 3. The second kappa shape index (κ2) is 3.46. The molecule has 6 heteroatoms. The Hall–Kier alpha value is -1.56. The fourth-order valence-electron chi connectivity index (χ4n) is 2.78. The molecule has 1 fully saturated rings. The van der Waals surface area contributed by atoms with E-state index in [1.54, 1.807) is 7.11 Å². The number of anilines is 2. The topological polar surface area (TPSA) is 59.4 Å². The molecule has 1 saturated heterocycles. The van der Waals surface area contributed by atoms with E-state index in [4.69, 9.17) is 4.74 Å². The lowest BCUT2D eigenvalue weighted by atomic mass is 10.1. The van der Waals surface area contributed by atoms with Crippen LogP contribution < -0.4 is 10.2 Å². The van der Waals surface area contributed by atoms with Gasteiger partial charge in [-0.3, -0.25) is 9.48 Å². The number of methoxy groups -OCH3 is 1. The first-order valence-electron chi connectivity index (χ1n) is 5.75. The fourth-order valence-corrected chi connectivity index (χ4v) is 2.78. The maximum atomic E-state index is 12.0. The summed E-state index contributed by atoms with van der Waals surface area (Å²) in [6.45, 7) is 2.66. The first-order valence-corrected chi connectivity index (χ1v) is 5.75. The molecule has 3 rings (SSSR count). The van der Waals surface area contributed by atoms with Crippen LogP contribution in [-0.2, 0) is 16.6 Å². The number of carbonyl (C=O) groups is 1. The number of hydrogen-bond donors (Lipinski definition) is 1. The van der Waals surface area contributed by atoms with E-state index in [-0.39, 0.29) is 18.1 Å². The number of aromatic nitrogens is 2. The predicted molar refractivity (Wildman–Crippen MR) is 63.1 cm³/mol. The standard InChI is InChI=1S/C11H16N4O2/c1-6-9-11(14(2)13-6)15-5-7(17-3)4-8(15)10(16)12-9/h7-8H,4-5H2,1-3H3,(H,12,16). The molecule has 3 heterocycles. The monoisotopic (exact) mass is 236 g/mol. The van der Waals surface area contributed by atoms with Crippen molar-refractivity contribution in [2.45, 2.75) is 25.5 Å². The van der Waals surface area contributed by atoms with Crippen LogP contribution in [0.4, 0.5) is 11.5 Å². The molecule has 92 valence electrons. The van der Waals surface area contributed by atoms with Crippen molar-refractivity contribution in [3.8, 4) is 0 Å². The van der Waals surface area contributed by atoms with Crippen LogP contribution in [0.5, 0.6) is 0 Å². The van der Waals surface area contributed by atoms with Crippen molar-refractivity contribution in [1.82, 2.24) is 9.78 Å². The lowest BCUT2D eigenvalue weighted by Gasteiger charge is -2.30. The van der Waals surface area contributed by atoms with Crippen LogP contribution in [-0.4, -0.2) is 41.5 Å². The Kier molecular flexibility index (Phi) is 2.16. The summed E-state index contributed by atoms with van der Waals surface area (Å²) in [5.41, 5.74) is 1.70. The summed E-state index contributed by atoms with van der Waals surface area (Å²) in [6.07, 6.45) is 0.860. The van der Waals surface area contributed by atoms with E-state index in [1.165, 1.54) is 0 Å². The molecule has 2 aliphatic heterocycles. The Morgan fingerprint density at radius 3 is 3.00 bits per heavy atom. The third kappa shape index (κ3) is 1.37. The first-order chi connectivity index (χ1) is 8.11. The third-order valence-electron chi connectivity index (χ3n) is 3.61. The minimum atomic E-state index is -0.123. The number of aryl methyl sites for hydroxylation is 2. The van der Waals surface area contributed by atoms with Crippen LogP contribution >= 0.6 is 0 Å². The lowest BCUT2D eigenvalue weighted by Crippen LogP contribution is -2.44. The first kappa shape index (κ1) is 10.6. The van der Waals surface area contributed by atoms with Gasteiger partial charge in [-0.2, -0.15) is 5.10 Å². The zero-order valence-electron chi connectivity index (χ0n) is 10.2. The maximum absolute atomic E-state index is 12.0. The van der Waals surface area contributed by atoms with Gasteiger partial charge in [0.1, 0.15) is 11.7 Å². The summed E-state index contributed by atoms with van der Waals surface area (Å²) in [7, 11) is 3.59. The van der Waals surface area contributed by atoms with Crippen molar-refractivity contribution in [2.24, 2.45) is 7.05 Å². The molecule has 0 radical (unpaired) electrons. The van der Waals surface area contributed by atoms with Gasteiger partial charge < -0.3 is 15.0 Å². The molecule has 0 aromatic carbocycles. The predicted octanol–water partition coefficient (Wildman–Crippen LogP) is 0.274. The highest BCUT2D eigenvalue weighted by Gasteiger charge is 2.43. The number of carbonyl (C=O) groups excluding carboxylic acids is 1. The van der Waals surface area contributed by atoms with E-state index < -0.39 is 0 Å². The average Bonchev–Trinajstić information content (AvgIpc) is 2.82. The van der Waals surface area contributed by atoms with Gasteiger partial charge in [0, 0.05) is 27.1 Å². The van der Waals surface area contributed by atoms with Gasteiger partial charge in [0.25, 0.3) is 0 Å². The van der Waals surface area contributed by atoms with Crippen molar-refractivity contribution in [3.63, 3.8) is 0 Å². The molecule has 0 spiro atoms. The van der Waals surface area contributed by atoms with Gasteiger partial charge in [0.05, 0.1) is 11.8 Å². The van der Waals surface area contributed by atoms with Gasteiger partial charge >= 0.3 is 0 Å². The van der Waals surface area contributed by atoms with Crippen LogP contribution in [0.3, 0.4) is 0 Å². The molecule has 1 amide bonds. The molecule has 6 nitrogen and oxygen atoms in total. The molecule has 2 aliphatic rings. The van der Waals surface area contributed by atoms with Gasteiger partial charge in [0.15, 0.2) is 5.82 Å². The SMILES string of the molecule is COC1CC2C(=O)Nc3c(C)nn(C)c3N2C1. The second-order valence-corrected chi connectivity index (χ2v) is 4.66. The number of rotatable bonds is 1. The quantitative estimate of drug-likeness (QED) is 0.760. The summed E-state index contributed by atoms with van der Waals surface area (Å²) in [5.74, 6) is 1.04. The van der Waals surface area contributed by atoms with Crippen LogP contribution in [0.2, 0.25) is 0 Å². The zero-order valence-corrected chi connectivity index (χ0v) is 10.2. The summed E-state index contributed by atoms with van der Waals surface area (Å²) in [6, 6.07) is -0.123. The minimum absolute atomic E-state index is 0.0492. The summed E-state index contributed by atoms with van der Waals surface area (Å²) in [4.78, 5) is 14.1. The number of nitrogens with one attached hydrogen (secondary N) is 1. The molecule has 17 heavy (non-hydrogen) atoms. The van der Waals surface area contributed by atoms with E-state index in [1.807, 2.05) is 18.7 Å². The van der Waals surface area contributed by atoms with Gasteiger partial charge in [0.2, 0.25) is 5.91 Å². The van der Waals surface area contributed by atoms with Gasteiger partial charge in [-0.25, -0.2) is 0 Å². The van der Waals surface area contributed by atoms with Gasteiger partial charge in [-0.15, -0.1) is 0 Å². The molecule has 0 saturated carbocycles. The molecule has 2 atom stereocenters.